The van der Waals surface area contributed by atoms with Gasteiger partial charge in [-0.15, -0.1) is 0 Å². The number of rotatable bonds is 3. The van der Waals surface area contributed by atoms with Crippen LogP contribution in [0.1, 0.15) is 31.2 Å². The molecule has 5 heteroatoms. The molecule has 108 valence electrons. The molecule has 1 unspecified atom stereocenters. The van der Waals surface area contributed by atoms with Crippen molar-refractivity contribution in [2.24, 2.45) is 0 Å². The Kier molecular flexibility index (Phi) is 3.38. The summed E-state index contributed by atoms with van der Waals surface area (Å²) in [5, 5.41) is 19.9. The molecule has 1 saturated heterocycles. The minimum atomic E-state index is -0.640. The van der Waals surface area contributed by atoms with Gasteiger partial charge in [0.25, 0.3) is 0 Å². The molecule has 3 rings (SSSR count). The van der Waals surface area contributed by atoms with Crippen molar-refractivity contribution < 1.29 is 15.0 Å². The molecule has 20 heavy (non-hydrogen) atoms. The van der Waals surface area contributed by atoms with Crippen molar-refractivity contribution in [1.82, 2.24) is 4.90 Å². The molecule has 4 nitrogen and oxygen atoms in total. The summed E-state index contributed by atoms with van der Waals surface area (Å²) in [7, 11) is 0. The Bertz CT molecular complexity index is 542. The SMILES string of the molecule is O=C(Cc1ccc(O)c(Cl)c1)N1CCCC1C1(O)CC1. The van der Waals surface area contributed by atoms with Crippen molar-refractivity contribution in [1.29, 1.82) is 0 Å². The van der Waals surface area contributed by atoms with E-state index in [1.54, 1.807) is 12.1 Å². The van der Waals surface area contributed by atoms with Crippen LogP contribution in [0.3, 0.4) is 0 Å². The van der Waals surface area contributed by atoms with Crippen LogP contribution in [0.4, 0.5) is 0 Å². The zero-order valence-corrected chi connectivity index (χ0v) is 11.9. The van der Waals surface area contributed by atoms with Crippen LogP contribution in [0.5, 0.6) is 5.75 Å². The maximum atomic E-state index is 12.4. The first kappa shape index (κ1) is 13.7. The monoisotopic (exact) mass is 295 g/mol. The Balaban J connectivity index is 1.70. The summed E-state index contributed by atoms with van der Waals surface area (Å²) in [6.45, 7) is 0.720. The highest BCUT2D eigenvalue weighted by Crippen LogP contribution is 2.44. The van der Waals surface area contributed by atoms with Crippen LogP contribution in [-0.4, -0.2) is 39.2 Å². The summed E-state index contributed by atoms with van der Waals surface area (Å²) in [5.41, 5.74) is 0.143. The second-order valence-electron chi connectivity index (χ2n) is 5.81. The Morgan fingerprint density at radius 3 is 2.85 bits per heavy atom. The van der Waals surface area contributed by atoms with Crippen LogP contribution in [0, 0.1) is 0 Å². The molecule has 1 amide bonds. The molecule has 1 aromatic rings. The first-order valence-electron chi connectivity index (χ1n) is 6.99. The number of aliphatic hydroxyl groups is 1. The summed E-state index contributed by atoms with van der Waals surface area (Å²) >= 11 is 5.85. The summed E-state index contributed by atoms with van der Waals surface area (Å²) in [6, 6.07) is 4.80. The first-order chi connectivity index (χ1) is 9.49. The lowest BCUT2D eigenvalue weighted by atomic mass is 10.1. The molecule has 0 bridgehead atoms. The van der Waals surface area contributed by atoms with Gasteiger partial charge in [0, 0.05) is 6.54 Å². The van der Waals surface area contributed by atoms with E-state index >= 15 is 0 Å². The van der Waals surface area contributed by atoms with E-state index in [-0.39, 0.29) is 29.1 Å². The van der Waals surface area contributed by atoms with Crippen LogP contribution in [-0.2, 0) is 11.2 Å². The molecule has 1 atom stereocenters. The van der Waals surface area contributed by atoms with Crippen LogP contribution in [0.15, 0.2) is 18.2 Å². The standard InChI is InChI=1S/C15H18ClNO3/c16-11-8-10(3-4-12(11)18)9-14(19)17-7-1-2-13(17)15(20)5-6-15/h3-4,8,13,18,20H,1-2,5-7,9H2. The average molecular weight is 296 g/mol. The van der Waals surface area contributed by atoms with E-state index in [1.165, 1.54) is 6.07 Å². The van der Waals surface area contributed by atoms with Crippen LogP contribution < -0.4 is 0 Å². The van der Waals surface area contributed by atoms with Crippen molar-refractivity contribution in [3.63, 3.8) is 0 Å². The smallest absolute Gasteiger partial charge is 0.227 e. The molecule has 1 aliphatic heterocycles. The fourth-order valence-electron chi connectivity index (χ4n) is 3.02. The van der Waals surface area contributed by atoms with E-state index < -0.39 is 5.60 Å². The fourth-order valence-corrected chi connectivity index (χ4v) is 3.22. The normalized spacial score (nSPS) is 23.9. The Hall–Kier alpha value is -1.26. The predicted octanol–water partition coefficient (Wildman–Crippen LogP) is 2.10. The molecule has 0 spiro atoms. The number of amides is 1. The number of halogens is 1. The number of likely N-dealkylation sites (tertiary alicyclic amines) is 1. The summed E-state index contributed by atoms with van der Waals surface area (Å²) in [5.74, 6) is 0.0452. The van der Waals surface area contributed by atoms with Gasteiger partial charge in [-0.2, -0.15) is 0 Å². The van der Waals surface area contributed by atoms with Gasteiger partial charge in [0.15, 0.2) is 0 Å². The molecule has 2 N–H and O–H groups in total. The third kappa shape index (κ3) is 2.50. The van der Waals surface area contributed by atoms with Gasteiger partial charge in [-0.25, -0.2) is 0 Å². The second kappa shape index (κ2) is 4.93. The van der Waals surface area contributed by atoms with Crippen LogP contribution >= 0.6 is 11.6 Å². The maximum Gasteiger partial charge on any atom is 0.227 e. The van der Waals surface area contributed by atoms with Crippen molar-refractivity contribution in [3.8, 4) is 5.75 Å². The Labute approximate surface area is 123 Å². The number of aromatic hydroxyl groups is 1. The van der Waals surface area contributed by atoms with Crippen LogP contribution in [0.25, 0.3) is 0 Å². The van der Waals surface area contributed by atoms with Crippen molar-refractivity contribution >= 4 is 17.5 Å². The summed E-state index contributed by atoms with van der Waals surface area (Å²) in [6.07, 6.45) is 3.69. The number of phenols is 1. The van der Waals surface area contributed by atoms with Gasteiger partial charge in [-0.05, 0) is 43.4 Å². The lowest BCUT2D eigenvalue weighted by Crippen LogP contribution is -2.44. The highest BCUT2D eigenvalue weighted by Gasteiger charge is 2.52. The zero-order valence-electron chi connectivity index (χ0n) is 11.2. The second-order valence-corrected chi connectivity index (χ2v) is 6.22. The number of nitrogens with zero attached hydrogens (tertiary/aromatic N) is 1. The predicted molar refractivity (Wildman–Crippen MR) is 75.7 cm³/mol. The number of benzene rings is 1. The molecule has 1 aromatic carbocycles. The highest BCUT2D eigenvalue weighted by atomic mass is 35.5. The van der Waals surface area contributed by atoms with Crippen molar-refractivity contribution in [2.75, 3.05) is 6.54 Å². The number of hydrogen-bond donors (Lipinski definition) is 2. The average Bonchev–Trinajstić information content (AvgIpc) is 2.96. The first-order valence-corrected chi connectivity index (χ1v) is 7.37. The van der Waals surface area contributed by atoms with Gasteiger partial charge >= 0.3 is 0 Å². The summed E-state index contributed by atoms with van der Waals surface area (Å²) in [4.78, 5) is 14.2. The van der Waals surface area contributed by atoms with E-state index in [0.29, 0.717) is 0 Å². The van der Waals surface area contributed by atoms with E-state index in [9.17, 15) is 15.0 Å². The third-order valence-electron chi connectivity index (χ3n) is 4.32. The van der Waals surface area contributed by atoms with E-state index in [1.807, 2.05) is 4.90 Å². The van der Waals surface area contributed by atoms with Gasteiger partial charge in [-0.3, -0.25) is 4.79 Å². The lowest BCUT2D eigenvalue weighted by Gasteiger charge is -2.29. The quantitative estimate of drug-likeness (QED) is 0.898. The number of hydrogen-bond acceptors (Lipinski definition) is 3. The Morgan fingerprint density at radius 1 is 1.45 bits per heavy atom. The minimum Gasteiger partial charge on any atom is -0.506 e. The molecule has 0 aromatic heterocycles. The third-order valence-corrected chi connectivity index (χ3v) is 4.63. The number of carbonyl (C=O) groups excluding carboxylic acids is 1. The molecule has 2 aliphatic rings. The highest BCUT2D eigenvalue weighted by molar-refractivity contribution is 6.32. The van der Waals surface area contributed by atoms with Gasteiger partial charge in [0.05, 0.1) is 23.1 Å². The van der Waals surface area contributed by atoms with Crippen LogP contribution in [0.2, 0.25) is 5.02 Å². The zero-order chi connectivity index (χ0) is 14.3. The number of phenolic OH excluding ortho intramolecular Hbond substituents is 1. The molecule has 0 radical (unpaired) electrons. The Morgan fingerprint density at radius 2 is 2.20 bits per heavy atom. The van der Waals surface area contributed by atoms with E-state index in [4.69, 9.17) is 11.6 Å². The van der Waals surface area contributed by atoms with Gasteiger partial charge in [0.2, 0.25) is 5.91 Å². The van der Waals surface area contributed by atoms with Crippen molar-refractivity contribution in [3.05, 3.63) is 28.8 Å². The maximum absolute atomic E-state index is 12.4. The van der Waals surface area contributed by atoms with Gasteiger partial charge < -0.3 is 15.1 Å². The largest absolute Gasteiger partial charge is 0.506 e. The summed E-state index contributed by atoms with van der Waals surface area (Å²) < 4.78 is 0. The van der Waals surface area contributed by atoms with E-state index in [2.05, 4.69) is 0 Å². The molecule has 1 saturated carbocycles. The van der Waals surface area contributed by atoms with Gasteiger partial charge in [0.1, 0.15) is 5.75 Å². The molecule has 2 fully saturated rings. The molecular formula is C15H18ClNO3. The van der Waals surface area contributed by atoms with Crippen molar-refractivity contribution in [2.45, 2.75) is 43.7 Å². The van der Waals surface area contributed by atoms with Gasteiger partial charge in [-0.1, -0.05) is 17.7 Å². The lowest BCUT2D eigenvalue weighted by molar-refractivity contribution is -0.134. The topological polar surface area (TPSA) is 60.8 Å². The van der Waals surface area contributed by atoms with E-state index in [0.717, 1.165) is 37.8 Å². The molecule has 1 aliphatic carbocycles. The fraction of sp³-hybridized carbons (Fsp3) is 0.533. The number of carbonyl (C=O) groups is 1. The molecular weight excluding hydrogens is 278 g/mol. The molecule has 1 heterocycles. The minimum absolute atomic E-state index is 0.0224.